The molecule has 0 aliphatic heterocycles. The minimum absolute atomic E-state index is 0.00891. The zero-order chi connectivity index (χ0) is 16.2. The summed E-state index contributed by atoms with van der Waals surface area (Å²) in [5.74, 6) is -0.456. The van der Waals surface area contributed by atoms with Crippen molar-refractivity contribution in [1.82, 2.24) is 0 Å². The van der Waals surface area contributed by atoms with Gasteiger partial charge in [0.15, 0.2) is 0 Å². The Morgan fingerprint density at radius 2 is 1.77 bits per heavy atom. The quantitative estimate of drug-likeness (QED) is 0.808. The Labute approximate surface area is 127 Å². The monoisotopic (exact) mass is 310 g/mol. The second kappa shape index (κ2) is 6.73. The predicted octanol–water partition coefficient (Wildman–Crippen LogP) is 5.33. The van der Waals surface area contributed by atoms with E-state index >= 15 is 0 Å². The lowest BCUT2D eigenvalue weighted by molar-refractivity contribution is -0.137. The van der Waals surface area contributed by atoms with Gasteiger partial charge in [0, 0.05) is 6.07 Å². The van der Waals surface area contributed by atoms with Crippen molar-refractivity contribution in [3.8, 4) is 11.5 Å². The molecule has 0 aliphatic carbocycles. The predicted molar refractivity (Wildman–Crippen MR) is 77.8 cm³/mol. The van der Waals surface area contributed by atoms with Gasteiger partial charge in [-0.3, -0.25) is 0 Å². The van der Waals surface area contributed by atoms with E-state index in [1.807, 2.05) is 37.3 Å². The summed E-state index contributed by atoms with van der Waals surface area (Å²) in [6, 6.07) is 12.1. The molecule has 2 rings (SSSR count). The van der Waals surface area contributed by atoms with Gasteiger partial charge in [-0.05, 0) is 24.1 Å². The number of hydrogen-bond acceptors (Lipinski definition) is 2. The Kier molecular flexibility index (Phi) is 4.96. The third-order valence-corrected chi connectivity index (χ3v) is 3.22. The maximum absolute atomic E-state index is 12.8. The standard InChI is InChI=1S/C17H17F3O2/c1-2-6-16(12-7-4-3-5-8-12)22-15-10-13(17(18,19)20)9-14(21)11-15/h3-5,7-11,16,21H,2,6H2,1H3. The van der Waals surface area contributed by atoms with E-state index in [9.17, 15) is 18.3 Å². The molecule has 5 heteroatoms. The van der Waals surface area contributed by atoms with Crippen molar-refractivity contribution in [3.63, 3.8) is 0 Å². The van der Waals surface area contributed by atoms with E-state index in [2.05, 4.69) is 0 Å². The first-order valence-corrected chi connectivity index (χ1v) is 7.03. The normalized spacial score (nSPS) is 12.9. The molecule has 0 amide bonds. The number of halogens is 3. The van der Waals surface area contributed by atoms with Gasteiger partial charge in [0.1, 0.15) is 17.6 Å². The van der Waals surface area contributed by atoms with Gasteiger partial charge >= 0.3 is 6.18 Å². The number of phenolic OH excluding ortho intramolecular Hbond substituents is 1. The largest absolute Gasteiger partial charge is 0.508 e. The van der Waals surface area contributed by atoms with Crippen molar-refractivity contribution >= 4 is 0 Å². The van der Waals surface area contributed by atoms with Crippen LogP contribution in [0.3, 0.4) is 0 Å². The second-order valence-electron chi connectivity index (χ2n) is 5.02. The SMILES string of the molecule is CCCC(Oc1cc(O)cc(C(F)(F)F)c1)c1ccccc1. The van der Waals surface area contributed by atoms with Gasteiger partial charge in [-0.1, -0.05) is 43.7 Å². The van der Waals surface area contributed by atoms with Crippen LogP contribution in [0.2, 0.25) is 0 Å². The van der Waals surface area contributed by atoms with Crippen LogP contribution in [-0.2, 0) is 6.18 Å². The van der Waals surface area contributed by atoms with Gasteiger partial charge in [0.25, 0.3) is 0 Å². The molecule has 0 fully saturated rings. The Morgan fingerprint density at radius 1 is 1.09 bits per heavy atom. The highest BCUT2D eigenvalue weighted by Gasteiger charge is 2.31. The molecule has 22 heavy (non-hydrogen) atoms. The van der Waals surface area contributed by atoms with Crippen LogP contribution in [-0.4, -0.2) is 5.11 Å². The van der Waals surface area contributed by atoms with Crippen molar-refractivity contribution in [3.05, 3.63) is 59.7 Å². The first-order chi connectivity index (χ1) is 10.4. The number of hydrogen-bond donors (Lipinski definition) is 1. The smallest absolute Gasteiger partial charge is 0.416 e. The zero-order valence-corrected chi connectivity index (χ0v) is 12.1. The van der Waals surface area contributed by atoms with Crippen molar-refractivity contribution in [1.29, 1.82) is 0 Å². The van der Waals surface area contributed by atoms with Crippen LogP contribution in [0.15, 0.2) is 48.5 Å². The molecule has 1 unspecified atom stereocenters. The van der Waals surface area contributed by atoms with Crippen LogP contribution in [0.4, 0.5) is 13.2 Å². The van der Waals surface area contributed by atoms with Crippen molar-refractivity contribution < 1.29 is 23.0 Å². The number of benzene rings is 2. The molecule has 2 nitrogen and oxygen atoms in total. The Hall–Kier alpha value is -2.17. The molecule has 0 radical (unpaired) electrons. The Morgan fingerprint density at radius 3 is 2.36 bits per heavy atom. The number of phenols is 1. The summed E-state index contributed by atoms with van der Waals surface area (Å²) in [6.45, 7) is 1.98. The van der Waals surface area contributed by atoms with Gasteiger partial charge in [0.05, 0.1) is 5.56 Å². The molecule has 1 atom stereocenters. The van der Waals surface area contributed by atoms with Gasteiger partial charge < -0.3 is 9.84 Å². The van der Waals surface area contributed by atoms with Crippen LogP contribution >= 0.6 is 0 Å². The topological polar surface area (TPSA) is 29.5 Å². The van der Waals surface area contributed by atoms with E-state index in [-0.39, 0.29) is 11.9 Å². The lowest BCUT2D eigenvalue weighted by Crippen LogP contribution is -2.09. The minimum Gasteiger partial charge on any atom is -0.508 e. The van der Waals surface area contributed by atoms with E-state index in [1.165, 1.54) is 6.07 Å². The minimum atomic E-state index is -4.52. The molecular weight excluding hydrogens is 293 g/mol. The van der Waals surface area contributed by atoms with Crippen LogP contribution in [0, 0.1) is 0 Å². The highest BCUT2D eigenvalue weighted by atomic mass is 19.4. The van der Waals surface area contributed by atoms with E-state index in [1.54, 1.807) is 0 Å². The van der Waals surface area contributed by atoms with Crippen molar-refractivity contribution in [2.75, 3.05) is 0 Å². The highest BCUT2D eigenvalue weighted by Crippen LogP contribution is 2.36. The van der Waals surface area contributed by atoms with Crippen LogP contribution in [0.25, 0.3) is 0 Å². The molecule has 0 aromatic heterocycles. The molecule has 1 N–H and O–H groups in total. The molecule has 0 bridgehead atoms. The third-order valence-electron chi connectivity index (χ3n) is 3.22. The number of alkyl halides is 3. The van der Waals surface area contributed by atoms with E-state index < -0.39 is 17.5 Å². The maximum atomic E-state index is 12.8. The maximum Gasteiger partial charge on any atom is 0.416 e. The molecule has 2 aromatic rings. The molecule has 0 saturated heterocycles. The summed E-state index contributed by atoms with van der Waals surface area (Å²) in [4.78, 5) is 0. The van der Waals surface area contributed by atoms with Crippen LogP contribution < -0.4 is 4.74 Å². The Bertz CT molecular complexity index is 609. The molecular formula is C17H17F3O2. The molecule has 118 valence electrons. The zero-order valence-electron chi connectivity index (χ0n) is 12.1. The van der Waals surface area contributed by atoms with Crippen LogP contribution in [0.5, 0.6) is 11.5 Å². The fraction of sp³-hybridized carbons (Fsp3) is 0.294. The summed E-state index contributed by atoms with van der Waals surface area (Å²) in [7, 11) is 0. The van der Waals surface area contributed by atoms with Gasteiger partial charge in [0.2, 0.25) is 0 Å². The third kappa shape index (κ3) is 4.16. The first kappa shape index (κ1) is 16.2. The molecule has 2 aromatic carbocycles. The van der Waals surface area contributed by atoms with Gasteiger partial charge in [-0.2, -0.15) is 13.2 Å². The number of ether oxygens (including phenoxy) is 1. The summed E-state index contributed by atoms with van der Waals surface area (Å²) in [5, 5.41) is 9.49. The average Bonchev–Trinajstić information content (AvgIpc) is 2.46. The molecule has 0 aliphatic rings. The summed E-state index contributed by atoms with van der Waals surface area (Å²) in [5.41, 5.74) is -0.0351. The summed E-state index contributed by atoms with van der Waals surface area (Å²) < 4.78 is 44.1. The van der Waals surface area contributed by atoms with Crippen molar-refractivity contribution in [2.45, 2.75) is 32.0 Å². The Balaban J connectivity index is 2.29. The number of rotatable bonds is 5. The van der Waals surface area contributed by atoms with Gasteiger partial charge in [-0.25, -0.2) is 0 Å². The average molecular weight is 310 g/mol. The fourth-order valence-electron chi connectivity index (χ4n) is 2.20. The van der Waals surface area contributed by atoms with E-state index in [0.717, 1.165) is 18.1 Å². The van der Waals surface area contributed by atoms with Crippen molar-refractivity contribution in [2.24, 2.45) is 0 Å². The fourth-order valence-corrected chi connectivity index (χ4v) is 2.20. The highest BCUT2D eigenvalue weighted by molar-refractivity contribution is 5.39. The molecule has 0 heterocycles. The molecule has 0 saturated carbocycles. The molecule has 0 spiro atoms. The van der Waals surface area contributed by atoms with E-state index in [4.69, 9.17) is 4.74 Å². The summed E-state index contributed by atoms with van der Waals surface area (Å²) in [6.07, 6.45) is -3.39. The lowest BCUT2D eigenvalue weighted by Gasteiger charge is -2.20. The van der Waals surface area contributed by atoms with E-state index in [0.29, 0.717) is 12.5 Å². The number of aromatic hydroxyl groups is 1. The van der Waals surface area contributed by atoms with Crippen LogP contribution in [0.1, 0.15) is 37.0 Å². The first-order valence-electron chi connectivity index (χ1n) is 7.03. The summed E-state index contributed by atoms with van der Waals surface area (Å²) >= 11 is 0. The lowest BCUT2D eigenvalue weighted by atomic mass is 10.1. The second-order valence-corrected chi connectivity index (χ2v) is 5.02. The van der Waals surface area contributed by atoms with Gasteiger partial charge in [-0.15, -0.1) is 0 Å².